The highest BCUT2D eigenvalue weighted by Crippen LogP contribution is 2.29. The van der Waals surface area contributed by atoms with Crippen molar-refractivity contribution < 1.29 is 4.39 Å². The van der Waals surface area contributed by atoms with Crippen LogP contribution < -0.4 is 0 Å². The fourth-order valence-corrected chi connectivity index (χ4v) is 0.843. The topological polar surface area (TPSA) is 3.24 Å². The van der Waals surface area contributed by atoms with Gasteiger partial charge in [-0.05, 0) is 20.0 Å². The van der Waals surface area contributed by atoms with Gasteiger partial charge in [0.1, 0.15) is 6.17 Å². The van der Waals surface area contributed by atoms with Crippen LogP contribution in [0.25, 0.3) is 0 Å². The normalized spacial score (nSPS) is 36.0. The molecule has 48 valence electrons. The highest BCUT2D eigenvalue weighted by atomic mass is 19.1. The van der Waals surface area contributed by atoms with Crippen LogP contribution in [0, 0.1) is 0 Å². The van der Waals surface area contributed by atoms with Gasteiger partial charge in [-0.15, -0.1) is 0 Å². The first-order chi connectivity index (χ1) is 3.75. The van der Waals surface area contributed by atoms with Crippen molar-refractivity contribution in [1.29, 1.82) is 0 Å². The summed E-state index contributed by atoms with van der Waals surface area (Å²) in [6.45, 7) is 3.01. The molecule has 0 spiro atoms. The van der Waals surface area contributed by atoms with E-state index in [1.165, 1.54) is 0 Å². The summed E-state index contributed by atoms with van der Waals surface area (Å²) >= 11 is 0. The lowest BCUT2D eigenvalue weighted by Crippen LogP contribution is -2.21. The Morgan fingerprint density at radius 3 is 2.38 bits per heavy atom. The summed E-state index contributed by atoms with van der Waals surface area (Å²) in [5.74, 6) is 0. The van der Waals surface area contributed by atoms with Gasteiger partial charge in [-0.3, -0.25) is 0 Å². The molecule has 0 N–H and O–H groups in total. The van der Waals surface area contributed by atoms with Gasteiger partial charge in [-0.25, -0.2) is 4.39 Å². The van der Waals surface area contributed by atoms with Gasteiger partial charge in [0.05, 0.1) is 0 Å². The van der Waals surface area contributed by atoms with Crippen molar-refractivity contribution in [1.82, 2.24) is 4.90 Å². The minimum atomic E-state index is -0.528. The Bertz CT molecular complexity index is 82.6. The standard InChI is InChI=1S/C6H12FN/c1-3-8(2)6-4-5(6)7/h5-6H,3-4H2,1-2H3/t5-,6-/m0/s1. The zero-order valence-electron chi connectivity index (χ0n) is 5.39. The van der Waals surface area contributed by atoms with Crippen LogP contribution in [0.4, 0.5) is 4.39 Å². The van der Waals surface area contributed by atoms with E-state index in [0.29, 0.717) is 0 Å². The van der Waals surface area contributed by atoms with Gasteiger partial charge in [-0.1, -0.05) is 6.92 Å². The van der Waals surface area contributed by atoms with Gasteiger partial charge in [0.25, 0.3) is 0 Å². The van der Waals surface area contributed by atoms with Gasteiger partial charge in [-0.2, -0.15) is 0 Å². The summed E-state index contributed by atoms with van der Waals surface area (Å²) in [6, 6.07) is 0.250. The number of alkyl halides is 1. The zero-order chi connectivity index (χ0) is 6.15. The van der Waals surface area contributed by atoms with Crippen molar-refractivity contribution in [3.8, 4) is 0 Å². The maximum Gasteiger partial charge on any atom is 0.117 e. The molecule has 1 rings (SSSR count). The summed E-state index contributed by atoms with van der Waals surface area (Å²) in [6.07, 6.45) is 0.226. The minimum Gasteiger partial charge on any atom is -0.301 e. The number of rotatable bonds is 2. The number of nitrogens with zero attached hydrogens (tertiary/aromatic N) is 1. The largest absolute Gasteiger partial charge is 0.301 e. The first-order valence-corrected chi connectivity index (χ1v) is 3.10. The van der Waals surface area contributed by atoms with Crippen molar-refractivity contribution >= 4 is 0 Å². The van der Waals surface area contributed by atoms with E-state index in [-0.39, 0.29) is 6.04 Å². The molecule has 2 heteroatoms. The molecular weight excluding hydrogens is 105 g/mol. The Kier molecular flexibility index (Phi) is 1.52. The van der Waals surface area contributed by atoms with Crippen molar-refractivity contribution in [2.24, 2.45) is 0 Å². The smallest absolute Gasteiger partial charge is 0.117 e. The van der Waals surface area contributed by atoms with Gasteiger partial charge >= 0.3 is 0 Å². The molecule has 0 unspecified atom stereocenters. The summed E-state index contributed by atoms with van der Waals surface area (Å²) in [5, 5.41) is 0. The summed E-state index contributed by atoms with van der Waals surface area (Å²) in [4.78, 5) is 2.05. The third-order valence-electron chi connectivity index (χ3n) is 1.75. The molecule has 1 saturated carbocycles. The first-order valence-electron chi connectivity index (χ1n) is 3.10. The van der Waals surface area contributed by atoms with E-state index in [1.807, 2.05) is 18.9 Å². The molecule has 1 aliphatic rings. The Hall–Kier alpha value is -0.110. The fraction of sp³-hybridized carbons (Fsp3) is 1.00. The lowest BCUT2D eigenvalue weighted by atomic mass is 10.5. The van der Waals surface area contributed by atoms with Crippen molar-refractivity contribution in [3.05, 3.63) is 0 Å². The number of hydrogen-bond acceptors (Lipinski definition) is 1. The number of hydrogen-bond donors (Lipinski definition) is 0. The predicted octanol–water partition coefficient (Wildman–Crippen LogP) is 1.05. The summed E-state index contributed by atoms with van der Waals surface area (Å²) < 4.78 is 12.2. The van der Waals surface area contributed by atoms with Crippen LogP contribution in [0.5, 0.6) is 0 Å². The third kappa shape index (κ3) is 0.996. The van der Waals surface area contributed by atoms with Crippen LogP contribution in [0.2, 0.25) is 0 Å². The zero-order valence-corrected chi connectivity index (χ0v) is 5.39. The van der Waals surface area contributed by atoms with Crippen molar-refractivity contribution in [2.45, 2.75) is 25.6 Å². The molecule has 0 heterocycles. The predicted molar refractivity (Wildman–Crippen MR) is 31.6 cm³/mol. The maximum absolute atomic E-state index is 12.2. The Morgan fingerprint density at radius 1 is 1.75 bits per heavy atom. The lowest BCUT2D eigenvalue weighted by Gasteiger charge is -2.10. The third-order valence-corrected chi connectivity index (χ3v) is 1.75. The van der Waals surface area contributed by atoms with Gasteiger partial charge < -0.3 is 4.90 Å². The van der Waals surface area contributed by atoms with E-state index in [0.717, 1.165) is 13.0 Å². The molecular formula is C6H12FN. The molecule has 0 aliphatic heterocycles. The second-order valence-electron chi connectivity index (χ2n) is 2.39. The van der Waals surface area contributed by atoms with Crippen LogP contribution in [-0.4, -0.2) is 30.7 Å². The van der Waals surface area contributed by atoms with Crippen LogP contribution in [0.1, 0.15) is 13.3 Å². The molecule has 0 bridgehead atoms. The highest BCUT2D eigenvalue weighted by molar-refractivity contribution is 4.93. The van der Waals surface area contributed by atoms with Crippen LogP contribution in [-0.2, 0) is 0 Å². The van der Waals surface area contributed by atoms with E-state index < -0.39 is 6.17 Å². The van der Waals surface area contributed by atoms with E-state index in [2.05, 4.69) is 0 Å². The fourth-order valence-electron chi connectivity index (χ4n) is 0.843. The van der Waals surface area contributed by atoms with Crippen molar-refractivity contribution in [2.75, 3.05) is 13.6 Å². The minimum absolute atomic E-state index is 0.250. The quantitative estimate of drug-likeness (QED) is 0.522. The average Bonchev–Trinajstić information content (AvgIpc) is 2.45. The molecule has 2 atom stereocenters. The van der Waals surface area contributed by atoms with Gasteiger partial charge in [0.2, 0.25) is 0 Å². The second kappa shape index (κ2) is 2.02. The van der Waals surface area contributed by atoms with Crippen molar-refractivity contribution in [3.63, 3.8) is 0 Å². The SMILES string of the molecule is CCN(C)[C@H]1C[C@@H]1F. The molecule has 0 aromatic heterocycles. The Morgan fingerprint density at radius 2 is 2.25 bits per heavy atom. The van der Waals surface area contributed by atoms with E-state index in [1.54, 1.807) is 0 Å². The van der Waals surface area contributed by atoms with Gasteiger partial charge in [0, 0.05) is 6.04 Å². The number of halogens is 1. The van der Waals surface area contributed by atoms with E-state index in [9.17, 15) is 4.39 Å². The van der Waals surface area contributed by atoms with Crippen LogP contribution in [0.15, 0.2) is 0 Å². The molecule has 0 aromatic carbocycles. The summed E-state index contributed by atoms with van der Waals surface area (Å²) in [5.41, 5.74) is 0. The molecule has 0 aromatic rings. The second-order valence-corrected chi connectivity index (χ2v) is 2.39. The molecule has 0 amide bonds. The molecule has 1 nitrogen and oxygen atoms in total. The molecule has 0 radical (unpaired) electrons. The molecule has 1 aliphatic carbocycles. The molecule has 8 heavy (non-hydrogen) atoms. The Labute approximate surface area is 49.5 Å². The first kappa shape index (κ1) is 6.02. The van der Waals surface area contributed by atoms with Crippen LogP contribution >= 0.6 is 0 Å². The molecule has 1 fully saturated rings. The van der Waals surface area contributed by atoms with E-state index in [4.69, 9.17) is 0 Å². The lowest BCUT2D eigenvalue weighted by molar-refractivity contribution is 0.299. The molecule has 0 saturated heterocycles. The average molecular weight is 117 g/mol. The van der Waals surface area contributed by atoms with Crippen LogP contribution in [0.3, 0.4) is 0 Å². The maximum atomic E-state index is 12.2. The Balaban J connectivity index is 2.18. The monoisotopic (exact) mass is 117 g/mol. The highest BCUT2D eigenvalue weighted by Gasteiger charge is 2.39. The van der Waals surface area contributed by atoms with Gasteiger partial charge in [0.15, 0.2) is 0 Å². The summed E-state index contributed by atoms with van der Waals surface area (Å²) in [7, 11) is 1.96. The van der Waals surface area contributed by atoms with E-state index >= 15 is 0 Å².